The van der Waals surface area contributed by atoms with Crippen LogP contribution in [-0.2, 0) is 13.5 Å². The molecule has 0 saturated heterocycles. The van der Waals surface area contributed by atoms with Crippen molar-refractivity contribution in [1.82, 2.24) is 14.9 Å². The molecule has 7 nitrogen and oxygen atoms in total. The Morgan fingerprint density at radius 2 is 2.00 bits per heavy atom. The largest absolute Gasteiger partial charge is 0.361 e. The summed E-state index contributed by atoms with van der Waals surface area (Å²) < 4.78 is 2.11. The van der Waals surface area contributed by atoms with E-state index < -0.39 is 0 Å². The van der Waals surface area contributed by atoms with Crippen molar-refractivity contribution in [2.75, 3.05) is 11.6 Å². The normalized spacial score (nSPS) is 15.9. The maximum atomic E-state index is 5.56. The smallest absolute Gasteiger partial charge is 0.0688 e. The van der Waals surface area contributed by atoms with Crippen molar-refractivity contribution in [2.45, 2.75) is 44.1 Å². The first-order valence-electron chi connectivity index (χ1n) is 12.1. The molecule has 0 atom stereocenters. The van der Waals surface area contributed by atoms with Crippen molar-refractivity contribution >= 4 is 27.5 Å². The molecule has 4 aromatic rings. The Morgan fingerprint density at radius 3 is 2.82 bits per heavy atom. The van der Waals surface area contributed by atoms with Crippen molar-refractivity contribution in [3.8, 4) is 0 Å². The molecule has 2 heterocycles. The highest BCUT2D eigenvalue weighted by molar-refractivity contribution is 5.84. The Balaban J connectivity index is 1.40. The van der Waals surface area contributed by atoms with E-state index in [4.69, 9.17) is 5.84 Å². The zero-order chi connectivity index (χ0) is 23.5. The third kappa shape index (κ3) is 4.07. The molecule has 0 radical (unpaired) electrons. The number of nitrogens with zero attached hydrogens (tertiary/aromatic N) is 4. The molecular weight excluding hydrogens is 422 g/mol. The highest BCUT2D eigenvalue weighted by Gasteiger charge is 2.38. The molecule has 2 aromatic heterocycles. The second kappa shape index (κ2) is 9.35. The first-order valence-corrected chi connectivity index (χ1v) is 12.1. The van der Waals surface area contributed by atoms with Crippen molar-refractivity contribution in [2.24, 2.45) is 23.3 Å². The molecule has 2 aromatic carbocycles. The Labute approximate surface area is 200 Å². The van der Waals surface area contributed by atoms with E-state index in [0.29, 0.717) is 0 Å². The minimum absolute atomic E-state index is 0.248. The lowest BCUT2D eigenvalue weighted by atomic mass is 9.79. The third-order valence-corrected chi connectivity index (χ3v) is 7.31. The van der Waals surface area contributed by atoms with Crippen LogP contribution in [0.5, 0.6) is 0 Å². The van der Waals surface area contributed by atoms with E-state index in [1.54, 1.807) is 0 Å². The minimum Gasteiger partial charge on any atom is -0.361 e. The predicted molar refractivity (Wildman–Crippen MR) is 139 cm³/mol. The number of nitrogens with one attached hydrogen (secondary N) is 2. The molecule has 176 valence electrons. The molecule has 0 bridgehead atoms. The molecular formula is C27H33N7. The summed E-state index contributed by atoms with van der Waals surface area (Å²) in [5.74, 6) is 5.56. The summed E-state index contributed by atoms with van der Waals surface area (Å²) in [6, 6.07) is 16.9. The van der Waals surface area contributed by atoms with Gasteiger partial charge in [0.15, 0.2) is 0 Å². The fourth-order valence-electron chi connectivity index (χ4n) is 5.40. The molecule has 7 heteroatoms. The average Bonchev–Trinajstić information content (AvgIpc) is 3.46. The van der Waals surface area contributed by atoms with Gasteiger partial charge in [0, 0.05) is 42.4 Å². The number of fused-ring (bicyclic) bond motifs is 2. The lowest BCUT2D eigenvalue weighted by Crippen LogP contribution is -2.52. The Morgan fingerprint density at radius 1 is 1.18 bits per heavy atom. The van der Waals surface area contributed by atoms with Crippen molar-refractivity contribution in [1.29, 1.82) is 0 Å². The van der Waals surface area contributed by atoms with E-state index in [9.17, 15) is 0 Å². The van der Waals surface area contributed by atoms with Gasteiger partial charge in [-0.1, -0.05) is 55.3 Å². The molecule has 0 aliphatic heterocycles. The molecule has 0 spiro atoms. The summed E-state index contributed by atoms with van der Waals surface area (Å²) in [7, 11) is 2.05. The number of benzene rings is 2. The van der Waals surface area contributed by atoms with Crippen LogP contribution in [-0.4, -0.2) is 21.6 Å². The van der Waals surface area contributed by atoms with Gasteiger partial charge in [0.05, 0.1) is 16.9 Å². The van der Waals surface area contributed by atoms with Gasteiger partial charge >= 0.3 is 0 Å². The third-order valence-electron chi connectivity index (χ3n) is 7.31. The van der Waals surface area contributed by atoms with Gasteiger partial charge in [0.2, 0.25) is 0 Å². The van der Waals surface area contributed by atoms with Crippen LogP contribution in [0.15, 0.2) is 83.6 Å². The van der Waals surface area contributed by atoms with Gasteiger partial charge in [-0.15, -0.1) is 0 Å². The monoisotopic (exact) mass is 455 g/mol. The number of aryl methyl sites for hydroxylation is 1. The number of aromatic amines is 1. The van der Waals surface area contributed by atoms with E-state index in [1.165, 1.54) is 28.3 Å². The summed E-state index contributed by atoms with van der Waals surface area (Å²) in [5, 5.41) is 16.1. The predicted octanol–water partition coefficient (Wildman–Crippen LogP) is 5.76. The van der Waals surface area contributed by atoms with Gasteiger partial charge < -0.3 is 20.7 Å². The summed E-state index contributed by atoms with van der Waals surface area (Å²) in [6.45, 7) is 5.40. The number of hydrogen-bond acceptors (Lipinski definition) is 3. The fourth-order valence-corrected chi connectivity index (χ4v) is 5.40. The van der Waals surface area contributed by atoms with Gasteiger partial charge in [0.25, 0.3) is 0 Å². The molecule has 5 rings (SSSR count). The van der Waals surface area contributed by atoms with Gasteiger partial charge in [-0.2, -0.15) is 0 Å². The topological polar surface area (TPSA) is 86.7 Å². The minimum atomic E-state index is -0.248. The van der Waals surface area contributed by atoms with Crippen molar-refractivity contribution < 1.29 is 0 Å². The number of nitrogens with two attached hydrogens (primary N) is 1. The molecule has 1 aliphatic rings. The van der Waals surface area contributed by atoms with Gasteiger partial charge in [0.1, 0.15) is 0 Å². The lowest BCUT2D eigenvalue weighted by Gasteiger charge is -2.42. The number of aromatic nitrogens is 2. The number of para-hydroxylation sites is 1. The van der Waals surface area contributed by atoms with Crippen molar-refractivity contribution in [3.05, 3.63) is 78.8 Å². The van der Waals surface area contributed by atoms with Crippen LogP contribution >= 0.6 is 0 Å². The van der Waals surface area contributed by atoms with Crippen LogP contribution in [0.1, 0.15) is 37.7 Å². The maximum absolute atomic E-state index is 5.56. The van der Waals surface area contributed by atoms with Crippen LogP contribution < -0.4 is 16.2 Å². The molecule has 1 saturated carbocycles. The maximum Gasteiger partial charge on any atom is 0.0688 e. The van der Waals surface area contributed by atoms with Crippen molar-refractivity contribution in [3.63, 3.8) is 0 Å². The van der Waals surface area contributed by atoms with Crippen LogP contribution in [0.3, 0.4) is 0 Å². The second-order valence-corrected chi connectivity index (χ2v) is 9.31. The molecule has 4 N–H and O–H groups in total. The number of hydrogen-bond donors (Lipinski definition) is 3. The fraction of sp³-hybridized carbons (Fsp3) is 0.333. The standard InChI is InChI=1S/C27H33N7/c1-20(34(32-31-28)23-11-10-21-13-17-33(2)26(21)18-23)27(14-6-3-7-15-27)30-16-12-22-19-29-25-9-5-4-8-24(22)25/h4-5,8-11,13,17-19,29-30H,1,3,6-7,12,14-16H2,2H3,(H2,28,32). The summed E-state index contributed by atoms with van der Waals surface area (Å²) in [4.78, 5) is 3.39. The highest BCUT2D eigenvalue weighted by atomic mass is 15.6. The van der Waals surface area contributed by atoms with Gasteiger partial charge in [-0.25, -0.2) is 5.01 Å². The van der Waals surface area contributed by atoms with E-state index >= 15 is 0 Å². The molecule has 34 heavy (non-hydrogen) atoms. The first kappa shape index (κ1) is 22.2. The number of rotatable bonds is 8. The molecule has 1 fully saturated rings. The van der Waals surface area contributed by atoms with Gasteiger partial charge in [-0.3, -0.25) is 0 Å². The zero-order valence-electron chi connectivity index (χ0n) is 19.8. The van der Waals surface area contributed by atoms with Crippen LogP contribution in [0, 0.1) is 0 Å². The molecule has 0 unspecified atom stereocenters. The summed E-state index contributed by atoms with van der Waals surface area (Å²) >= 11 is 0. The summed E-state index contributed by atoms with van der Waals surface area (Å²) in [6.07, 6.45) is 10.7. The van der Waals surface area contributed by atoms with E-state index in [1.807, 2.05) is 12.1 Å². The van der Waals surface area contributed by atoms with Gasteiger partial charge in [-0.05, 0) is 59.7 Å². The van der Waals surface area contributed by atoms with Crippen LogP contribution in [0.25, 0.3) is 21.8 Å². The van der Waals surface area contributed by atoms with E-state index in [-0.39, 0.29) is 5.54 Å². The quantitative estimate of drug-likeness (QED) is 0.179. The highest BCUT2D eigenvalue weighted by Crippen LogP contribution is 2.38. The Kier molecular flexibility index (Phi) is 6.11. The average molecular weight is 456 g/mol. The number of H-pyrrole nitrogens is 1. The Bertz CT molecular complexity index is 1320. The lowest BCUT2D eigenvalue weighted by molar-refractivity contribution is 0.270. The van der Waals surface area contributed by atoms with E-state index in [2.05, 4.69) is 92.8 Å². The van der Waals surface area contributed by atoms with E-state index in [0.717, 1.165) is 55.5 Å². The summed E-state index contributed by atoms with van der Waals surface area (Å²) in [5.41, 5.74) is 5.20. The molecule has 1 aliphatic carbocycles. The Hall–Kier alpha value is -3.58. The van der Waals surface area contributed by atoms with Crippen LogP contribution in [0.4, 0.5) is 5.69 Å². The first-order chi connectivity index (χ1) is 16.6. The zero-order valence-corrected chi connectivity index (χ0v) is 19.8. The SMILES string of the molecule is C=C(N(/N=N\N)c1ccc2ccn(C)c2c1)C1(NCCc2c[nH]c3ccccc23)CCCCC1. The molecule has 0 amide bonds. The number of anilines is 1. The second-order valence-electron chi connectivity index (χ2n) is 9.31. The van der Waals surface area contributed by atoms with Crippen LogP contribution in [0.2, 0.25) is 0 Å².